The van der Waals surface area contributed by atoms with E-state index in [0.29, 0.717) is 16.1 Å². The fraction of sp³-hybridized carbons (Fsp3) is 0.263. The number of hydrogen-bond donors (Lipinski definition) is 1. The quantitative estimate of drug-likeness (QED) is 0.622. The lowest BCUT2D eigenvalue weighted by Crippen LogP contribution is -2.14. The van der Waals surface area contributed by atoms with Gasteiger partial charge in [0.25, 0.3) is 5.22 Å². The van der Waals surface area contributed by atoms with Gasteiger partial charge in [-0.1, -0.05) is 11.8 Å². The van der Waals surface area contributed by atoms with Crippen LogP contribution < -0.4 is 5.32 Å². The number of thiophene rings is 1. The second kappa shape index (κ2) is 8.12. The van der Waals surface area contributed by atoms with Crippen molar-refractivity contribution in [2.24, 2.45) is 0 Å². The Morgan fingerprint density at radius 3 is 2.86 bits per heavy atom. The lowest BCUT2D eigenvalue weighted by atomic mass is 9.96. The van der Waals surface area contributed by atoms with Gasteiger partial charge in [0.2, 0.25) is 11.8 Å². The largest absolute Gasteiger partial charge is 0.411 e. The van der Waals surface area contributed by atoms with E-state index in [9.17, 15) is 14.4 Å². The molecule has 4 rings (SSSR count). The number of nitrogens with zero attached hydrogens (tertiary/aromatic N) is 3. The van der Waals surface area contributed by atoms with Crippen molar-refractivity contribution in [3.63, 3.8) is 0 Å². The molecule has 1 N–H and O–H groups in total. The molecule has 1 aliphatic rings. The number of carbonyl (C=O) groups excluding carboxylic acids is 1. The van der Waals surface area contributed by atoms with Crippen molar-refractivity contribution in [1.29, 1.82) is 5.26 Å². The predicted molar refractivity (Wildman–Crippen MR) is 105 cm³/mol. The Bertz CT molecular complexity index is 1050. The van der Waals surface area contributed by atoms with Crippen LogP contribution in [0.1, 0.15) is 28.8 Å². The van der Waals surface area contributed by atoms with Crippen LogP contribution in [-0.2, 0) is 17.6 Å². The second-order valence-corrected chi connectivity index (χ2v) is 8.28. The van der Waals surface area contributed by atoms with Crippen molar-refractivity contribution in [3.05, 3.63) is 46.1 Å². The molecule has 2 aromatic heterocycles. The van der Waals surface area contributed by atoms with Crippen LogP contribution in [0.2, 0.25) is 0 Å². The number of anilines is 1. The van der Waals surface area contributed by atoms with Gasteiger partial charge < -0.3 is 9.73 Å². The monoisotopic (exact) mass is 414 g/mol. The molecule has 9 heteroatoms. The molecule has 0 saturated heterocycles. The third kappa shape index (κ3) is 3.93. The van der Waals surface area contributed by atoms with Crippen molar-refractivity contribution in [2.75, 3.05) is 11.1 Å². The summed E-state index contributed by atoms with van der Waals surface area (Å²) in [6, 6.07) is 7.95. The van der Waals surface area contributed by atoms with E-state index in [-0.39, 0.29) is 28.6 Å². The fourth-order valence-corrected chi connectivity index (χ4v) is 4.86. The van der Waals surface area contributed by atoms with E-state index < -0.39 is 0 Å². The molecule has 0 bridgehead atoms. The Labute approximate surface area is 168 Å². The first-order valence-electron chi connectivity index (χ1n) is 8.71. The van der Waals surface area contributed by atoms with Crippen LogP contribution in [0.5, 0.6) is 0 Å². The van der Waals surface area contributed by atoms with Gasteiger partial charge >= 0.3 is 0 Å². The van der Waals surface area contributed by atoms with Crippen LogP contribution >= 0.6 is 23.1 Å². The number of aryl methyl sites for hydroxylation is 1. The number of fused-ring (bicyclic) bond motifs is 1. The van der Waals surface area contributed by atoms with Crippen molar-refractivity contribution in [3.8, 4) is 17.5 Å². The van der Waals surface area contributed by atoms with Crippen LogP contribution in [0.4, 0.5) is 9.39 Å². The molecule has 3 aromatic rings. The molecular weight excluding hydrogens is 399 g/mol. The molecule has 0 spiro atoms. The highest BCUT2D eigenvalue weighted by atomic mass is 32.2. The first-order chi connectivity index (χ1) is 13.6. The lowest BCUT2D eigenvalue weighted by molar-refractivity contribution is -0.113. The third-order valence-corrected chi connectivity index (χ3v) is 6.39. The number of halogens is 1. The molecule has 0 unspecified atom stereocenters. The van der Waals surface area contributed by atoms with Crippen molar-refractivity contribution >= 4 is 34.0 Å². The number of aromatic nitrogens is 2. The van der Waals surface area contributed by atoms with E-state index >= 15 is 0 Å². The maximum Gasteiger partial charge on any atom is 0.277 e. The number of thioether (sulfide) groups is 1. The zero-order chi connectivity index (χ0) is 19.5. The van der Waals surface area contributed by atoms with E-state index in [4.69, 9.17) is 4.42 Å². The summed E-state index contributed by atoms with van der Waals surface area (Å²) in [6.07, 6.45) is 4.06. The topological polar surface area (TPSA) is 91.8 Å². The van der Waals surface area contributed by atoms with Crippen molar-refractivity contribution in [2.45, 2.75) is 30.9 Å². The van der Waals surface area contributed by atoms with Gasteiger partial charge in [0.05, 0.1) is 11.3 Å². The summed E-state index contributed by atoms with van der Waals surface area (Å²) in [7, 11) is 0. The Kier molecular flexibility index (Phi) is 5.41. The average Bonchev–Trinajstić information content (AvgIpc) is 3.31. The molecule has 0 aliphatic heterocycles. The maximum absolute atomic E-state index is 13.0. The number of amides is 1. The molecule has 0 radical (unpaired) electrons. The Balaban J connectivity index is 1.38. The van der Waals surface area contributed by atoms with Gasteiger partial charge in [-0.2, -0.15) is 5.26 Å². The standard InChI is InChI=1S/C19H15FN4O2S2/c20-12-7-5-11(6-8-12)17-23-24-19(26-17)27-10-16(25)22-18-14(9-21)13-3-1-2-4-15(13)28-18/h5-8H,1-4,10H2,(H,22,25). The van der Waals surface area contributed by atoms with Crippen LogP contribution in [0.3, 0.4) is 0 Å². The number of nitriles is 1. The van der Waals surface area contributed by atoms with Gasteiger partial charge in [0.15, 0.2) is 0 Å². The molecule has 0 atom stereocenters. The van der Waals surface area contributed by atoms with E-state index in [0.717, 1.165) is 43.0 Å². The van der Waals surface area contributed by atoms with Gasteiger partial charge in [-0.05, 0) is 55.5 Å². The number of nitrogens with one attached hydrogen (secondary N) is 1. The zero-order valence-corrected chi connectivity index (χ0v) is 16.3. The van der Waals surface area contributed by atoms with Crippen molar-refractivity contribution < 1.29 is 13.6 Å². The highest BCUT2D eigenvalue weighted by molar-refractivity contribution is 7.99. The summed E-state index contributed by atoms with van der Waals surface area (Å²) in [5.41, 5.74) is 2.28. The minimum absolute atomic E-state index is 0.0818. The van der Waals surface area contributed by atoms with E-state index in [1.54, 1.807) is 12.1 Å². The SMILES string of the molecule is N#Cc1c(NC(=O)CSc2nnc(-c3ccc(F)cc3)o2)sc2c1CCCC2. The smallest absolute Gasteiger partial charge is 0.277 e. The molecule has 1 amide bonds. The van der Waals surface area contributed by atoms with Gasteiger partial charge in [-0.15, -0.1) is 21.5 Å². The molecule has 0 fully saturated rings. The first kappa shape index (κ1) is 18.7. The van der Waals surface area contributed by atoms with Crippen LogP contribution in [0.25, 0.3) is 11.5 Å². The Morgan fingerprint density at radius 1 is 1.29 bits per heavy atom. The van der Waals surface area contributed by atoms with Gasteiger partial charge in [-0.25, -0.2) is 4.39 Å². The minimum Gasteiger partial charge on any atom is -0.411 e. The molecule has 6 nitrogen and oxygen atoms in total. The summed E-state index contributed by atoms with van der Waals surface area (Å²) >= 11 is 2.60. The third-order valence-electron chi connectivity index (χ3n) is 4.36. The van der Waals surface area contributed by atoms with Crippen molar-refractivity contribution in [1.82, 2.24) is 10.2 Å². The summed E-state index contributed by atoms with van der Waals surface area (Å²) in [6.45, 7) is 0. The summed E-state index contributed by atoms with van der Waals surface area (Å²) < 4.78 is 18.5. The average molecular weight is 414 g/mol. The summed E-state index contributed by atoms with van der Waals surface area (Å²) in [5.74, 6) is -0.234. The molecule has 28 heavy (non-hydrogen) atoms. The number of carbonyl (C=O) groups is 1. The number of hydrogen-bond acceptors (Lipinski definition) is 7. The normalized spacial score (nSPS) is 13.0. The number of benzene rings is 1. The predicted octanol–water partition coefficient (Wildman–Crippen LogP) is 4.42. The van der Waals surface area contributed by atoms with E-state index in [2.05, 4.69) is 21.6 Å². The zero-order valence-electron chi connectivity index (χ0n) is 14.7. The molecule has 142 valence electrons. The molecule has 1 aliphatic carbocycles. The van der Waals surface area contributed by atoms with E-state index in [1.807, 2.05) is 0 Å². The minimum atomic E-state index is -0.346. The maximum atomic E-state index is 13.0. The lowest BCUT2D eigenvalue weighted by Gasteiger charge is -2.09. The van der Waals surface area contributed by atoms with E-state index in [1.165, 1.54) is 28.3 Å². The molecule has 1 aromatic carbocycles. The first-order valence-corrected chi connectivity index (χ1v) is 10.5. The van der Waals surface area contributed by atoms with Crippen LogP contribution in [0.15, 0.2) is 33.9 Å². The van der Waals surface area contributed by atoms with Crippen LogP contribution in [-0.4, -0.2) is 21.9 Å². The fourth-order valence-electron chi connectivity index (χ4n) is 3.04. The Hall–Kier alpha value is -2.70. The summed E-state index contributed by atoms with van der Waals surface area (Å²) in [5, 5.41) is 21.0. The summed E-state index contributed by atoms with van der Waals surface area (Å²) in [4.78, 5) is 13.5. The second-order valence-electron chi connectivity index (χ2n) is 6.24. The van der Waals surface area contributed by atoms with Gasteiger partial charge in [-0.3, -0.25) is 4.79 Å². The molecular formula is C19H15FN4O2S2. The molecule has 0 saturated carbocycles. The highest BCUT2D eigenvalue weighted by Crippen LogP contribution is 2.37. The van der Waals surface area contributed by atoms with Crippen LogP contribution in [0, 0.1) is 17.1 Å². The Morgan fingerprint density at radius 2 is 2.07 bits per heavy atom. The van der Waals surface area contributed by atoms with Gasteiger partial charge in [0.1, 0.15) is 16.9 Å². The molecule has 2 heterocycles. The van der Waals surface area contributed by atoms with Gasteiger partial charge in [0, 0.05) is 10.4 Å². The number of rotatable bonds is 5. The highest BCUT2D eigenvalue weighted by Gasteiger charge is 2.22.